The molecule has 0 aliphatic rings. The van der Waals surface area contributed by atoms with Gasteiger partial charge in [-0.05, 0) is 48.6 Å². The number of nitrogen functional groups attached to an aromatic ring is 1. The largest absolute Gasteiger partial charge is 0.399 e. The smallest absolute Gasteiger partial charge is 0.268 e. The van der Waals surface area contributed by atoms with E-state index in [1.165, 1.54) is 11.3 Å². The second-order valence-electron chi connectivity index (χ2n) is 4.27. The van der Waals surface area contributed by atoms with Gasteiger partial charge in [0.1, 0.15) is 0 Å². The summed E-state index contributed by atoms with van der Waals surface area (Å²) >= 11 is 1.50. The summed E-state index contributed by atoms with van der Waals surface area (Å²) in [6, 6.07) is 9.46. The van der Waals surface area contributed by atoms with Gasteiger partial charge in [-0.3, -0.25) is 4.79 Å². The first-order chi connectivity index (χ1) is 9.17. The Labute approximate surface area is 117 Å². The highest BCUT2D eigenvalue weighted by Crippen LogP contribution is 2.24. The van der Waals surface area contributed by atoms with Crippen LogP contribution in [-0.4, -0.2) is 12.5 Å². The summed E-state index contributed by atoms with van der Waals surface area (Å²) in [4.78, 5) is 15.2. The Morgan fingerprint density at radius 1 is 1.32 bits per heavy atom. The molecule has 0 bridgehead atoms. The first-order valence-corrected chi connectivity index (χ1v) is 7.29. The zero-order valence-electron chi connectivity index (χ0n) is 11.2. The molecule has 3 nitrogen and oxygen atoms in total. The van der Waals surface area contributed by atoms with Gasteiger partial charge in [-0.15, -0.1) is 11.3 Å². The maximum atomic E-state index is 12.6. The maximum Gasteiger partial charge on any atom is 0.268 e. The summed E-state index contributed by atoms with van der Waals surface area (Å²) in [6.07, 6.45) is 0.874. The van der Waals surface area contributed by atoms with Crippen molar-refractivity contribution in [3.8, 4) is 0 Å². The first kappa shape index (κ1) is 13.6. The molecule has 1 aromatic heterocycles. The molecule has 0 saturated heterocycles. The fourth-order valence-electron chi connectivity index (χ4n) is 2.06. The molecule has 2 aromatic rings. The van der Waals surface area contributed by atoms with Gasteiger partial charge in [0.15, 0.2) is 0 Å². The van der Waals surface area contributed by atoms with E-state index in [1.54, 1.807) is 4.90 Å². The Balaban J connectivity index is 2.35. The number of amides is 1. The number of hydrogen-bond donors (Lipinski definition) is 1. The molecule has 0 spiro atoms. The molecule has 1 heterocycles. The van der Waals surface area contributed by atoms with Crippen molar-refractivity contribution in [1.82, 2.24) is 0 Å². The number of nitrogens with two attached hydrogens (primary N) is 1. The number of anilines is 2. The Kier molecular flexibility index (Phi) is 4.22. The average molecular weight is 274 g/mol. The number of thiophene rings is 1. The molecule has 0 atom stereocenters. The lowest BCUT2D eigenvalue weighted by Crippen LogP contribution is -2.30. The molecule has 0 fully saturated rings. The minimum absolute atomic E-state index is 0.0555. The van der Waals surface area contributed by atoms with Crippen molar-refractivity contribution in [2.24, 2.45) is 0 Å². The zero-order valence-corrected chi connectivity index (χ0v) is 12.0. The maximum absolute atomic E-state index is 12.6. The number of benzene rings is 1. The van der Waals surface area contributed by atoms with Crippen LogP contribution in [0.25, 0.3) is 0 Å². The highest BCUT2D eigenvalue weighted by atomic mass is 32.1. The monoisotopic (exact) mass is 274 g/mol. The third-order valence-corrected chi connectivity index (χ3v) is 4.01. The van der Waals surface area contributed by atoms with Crippen LogP contribution in [0.15, 0.2) is 35.7 Å². The van der Waals surface area contributed by atoms with Gasteiger partial charge in [-0.25, -0.2) is 0 Å². The van der Waals surface area contributed by atoms with Gasteiger partial charge in [-0.1, -0.05) is 13.0 Å². The van der Waals surface area contributed by atoms with Gasteiger partial charge in [0, 0.05) is 17.9 Å². The van der Waals surface area contributed by atoms with Gasteiger partial charge >= 0.3 is 0 Å². The van der Waals surface area contributed by atoms with Crippen LogP contribution >= 0.6 is 11.3 Å². The fraction of sp³-hybridized carbons (Fsp3) is 0.267. The number of carbonyl (C=O) groups is 1. The summed E-state index contributed by atoms with van der Waals surface area (Å²) < 4.78 is 0. The van der Waals surface area contributed by atoms with Crippen molar-refractivity contribution in [3.05, 3.63) is 46.2 Å². The molecule has 2 N–H and O–H groups in total. The molecule has 0 saturated carbocycles. The predicted octanol–water partition coefficient (Wildman–Crippen LogP) is 3.56. The van der Waals surface area contributed by atoms with Crippen molar-refractivity contribution in [2.75, 3.05) is 17.2 Å². The number of carbonyl (C=O) groups excluding carboxylic acids is 1. The van der Waals surface area contributed by atoms with E-state index >= 15 is 0 Å². The Hall–Kier alpha value is -1.81. The lowest BCUT2D eigenvalue weighted by Gasteiger charge is -2.21. The highest BCUT2D eigenvalue weighted by Gasteiger charge is 2.19. The highest BCUT2D eigenvalue weighted by molar-refractivity contribution is 7.12. The molecule has 4 heteroatoms. The van der Waals surface area contributed by atoms with Crippen molar-refractivity contribution >= 4 is 28.6 Å². The van der Waals surface area contributed by atoms with Crippen LogP contribution in [-0.2, 0) is 6.42 Å². The van der Waals surface area contributed by atoms with E-state index in [0.717, 1.165) is 22.5 Å². The van der Waals surface area contributed by atoms with E-state index in [4.69, 9.17) is 5.73 Å². The summed E-state index contributed by atoms with van der Waals surface area (Å²) in [5, 5.41) is 1.97. The van der Waals surface area contributed by atoms with E-state index in [1.807, 2.05) is 42.6 Å². The van der Waals surface area contributed by atoms with Gasteiger partial charge < -0.3 is 10.6 Å². The van der Waals surface area contributed by atoms with Crippen LogP contribution in [0.3, 0.4) is 0 Å². The molecular formula is C15H18N2OS. The predicted molar refractivity (Wildman–Crippen MR) is 81.9 cm³/mol. The number of aryl methyl sites for hydroxylation is 1. The van der Waals surface area contributed by atoms with Gasteiger partial charge in [0.05, 0.1) is 4.88 Å². The van der Waals surface area contributed by atoms with E-state index in [-0.39, 0.29) is 5.91 Å². The number of nitrogens with zero attached hydrogens (tertiary/aromatic N) is 1. The van der Waals surface area contributed by atoms with Gasteiger partial charge in [0.25, 0.3) is 5.91 Å². The van der Waals surface area contributed by atoms with E-state index in [2.05, 4.69) is 6.92 Å². The summed E-state index contributed by atoms with van der Waals surface area (Å²) in [5.41, 5.74) is 8.42. The Morgan fingerprint density at radius 3 is 2.74 bits per heavy atom. The van der Waals surface area contributed by atoms with E-state index in [9.17, 15) is 4.79 Å². The van der Waals surface area contributed by atoms with Crippen molar-refractivity contribution in [1.29, 1.82) is 0 Å². The normalized spacial score (nSPS) is 10.4. The Bertz CT molecular complexity index is 577. The van der Waals surface area contributed by atoms with Crippen molar-refractivity contribution in [2.45, 2.75) is 20.3 Å². The topological polar surface area (TPSA) is 46.3 Å². The van der Waals surface area contributed by atoms with E-state index in [0.29, 0.717) is 12.2 Å². The molecule has 19 heavy (non-hydrogen) atoms. The quantitative estimate of drug-likeness (QED) is 0.866. The second-order valence-corrected chi connectivity index (χ2v) is 5.19. The Morgan fingerprint density at radius 2 is 2.11 bits per heavy atom. The van der Waals surface area contributed by atoms with Crippen LogP contribution in [0.4, 0.5) is 11.4 Å². The average Bonchev–Trinajstić information content (AvgIpc) is 2.87. The lowest BCUT2D eigenvalue weighted by atomic mass is 10.2. The third-order valence-electron chi connectivity index (χ3n) is 3.07. The standard InChI is InChI=1S/C15H18N2OS/c1-3-11-8-9-19-14(11)15(18)17(4-2)13-7-5-6-12(16)10-13/h5-10H,3-4,16H2,1-2H3. The molecular weight excluding hydrogens is 256 g/mol. The molecule has 1 amide bonds. The van der Waals surface area contributed by atoms with Crippen LogP contribution < -0.4 is 10.6 Å². The fourth-order valence-corrected chi connectivity index (χ4v) is 3.00. The summed E-state index contributed by atoms with van der Waals surface area (Å²) in [5.74, 6) is 0.0555. The second kappa shape index (κ2) is 5.89. The van der Waals surface area contributed by atoms with Crippen LogP contribution in [0, 0.1) is 0 Å². The van der Waals surface area contributed by atoms with Crippen LogP contribution in [0.1, 0.15) is 29.1 Å². The van der Waals surface area contributed by atoms with Crippen LogP contribution in [0.5, 0.6) is 0 Å². The SMILES string of the molecule is CCc1ccsc1C(=O)N(CC)c1cccc(N)c1. The number of rotatable bonds is 4. The summed E-state index contributed by atoms with van der Waals surface area (Å²) in [6.45, 7) is 4.67. The van der Waals surface area contributed by atoms with Crippen molar-refractivity contribution < 1.29 is 4.79 Å². The third kappa shape index (κ3) is 2.79. The van der Waals surface area contributed by atoms with Gasteiger partial charge in [-0.2, -0.15) is 0 Å². The number of hydrogen-bond acceptors (Lipinski definition) is 3. The molecule has 100 valence electrons. The molecule has 0 aliphatic heterocycles. The van der Waals surface area contributed by atoms with Gasteiger partial charge in [0.2, 0.25) is 0 Å². The zero-order chi connectivity index (χ0) is 13.8. The summed E-state index contributed by atoms with van der Waals surface area (Å²) in [7, 11) is 0. The minimum Gasteiger partial charge on any atom is -0.399 e. The molecule has 1 aromatic carbocycles. The molecule has 2 rings (SSSR count). The molecule has 0 radical (unpaired) electrons. The minimum atomic E-state index is 0.0555. The van der Waals surface area contributed by atoms with Crippen LogP contribution in [0.2, 0.25) is 0 Å². The molecule has 0 unspecified atom stereocenters. The van der Waals surface area contributed by atoms with Crippen molar-refractivity contribution in [3.63, 3.8) is 0 Å². The molecule has 0 aliphatic carbocycles. The first-order valence-electron chi connectivity index (χ1n) is 6.41. The lowest BCUT2D eigenvalue weighted by molar-refractivity contribution is 0.0991. The van der Waals surface area contributed by atoms with E-state index < -0.39 is 0 Å².